The lowest BCUT2D eigenvalue weighted by Gasteiger charge is -2.19. The van der Waals surface area contributed by atoms with Gasteiger partial charge in [-0.1, -0.05) is 29.8 Å². The van der Waals surface area contributed by atoms with Gasteiger partial charge in [0, 0.05) is 0 Å². The summed E-state index contributed by atoms with van der Waals surface area (Å²) in [6.07, 6.45) is 0.541. The Labute approximate surface area is 135 Å². The molecule has 0 fully saturated rings. The van der Waals surface area contributed by atoms with Crippen molar-refractivity contribution in [3.8, 4) is 0 Å². The van der Waals surface area contributed by atoms with E-state index < -0.39 is 6.10 Å². The molecule has 120 valence electrons. The molecule has 0 aliphatic heterocycles. The number of aliphatic hydroxyl groups excluding tert-OH is 1. The van der Waals surface area contributed by atoms with E-state index in [1.807, 2.05) is 52.0 Å². The van der Waals surface area contributed by atoms with Crippen molar-refractivity contribution in [1.29, 1.82) is 0 Å². The Hall–Kier alpha value is -2.47. The van der Waals surface area contributed by atoms with E-state index in [9.17, 15) is 5.11 Å². The summed E-state index contributed by atoms with van der Waals surface area (Å²) in [5, 5.41) is 16.1. The van der Waals surface area contributed by atoms with E-state index in [4.69, 9.17) is 5.73 Å². The zero-order valence-corrected chi connectivity index (χ0v) is 13.8. The Balaban J connectivity index is 2.25. The zero-order valence-electron chi connectivity index (χ0n) is 13.8. The fourth-order valence-electron chi connectivity index (χ4n) is 2.66. The highest BCUT2D eigenvalue weighted by molar-refractivity contribution is 5.89. The average Bonchev–Trinajstić information content (AvgIpc) is 2.87. The van der Waals surface area contributed by atoms with Crippen molar-refractivity contribution in [2.75, 3.05) is 5.73 Å². The number of benzene rings is 1. The van der Waals surface area contributed by atoms with Crippen molar-refractivity contribution in [3.05, 3.63) is 47.4 Å². The summed E-state index contributed by atoms with van der Waals surface area (Å²) >= 11 is 0. The van der Waals surface area contributed by atoms with Crippen LogP contribution in [0.1, 0.15) is 43.7 Å². The molecule has 3 rings (SSSR count). The topological polar surface area (TPSA) is 89.9 Å². The molecule has 0 bridgehead atoms. The summed E-state index contributed by atoms with van der Waals surface area (Å²) < 4.78 is 1.79. The molecule has 0 saturated carbocycles. The lowest BCUT2D eigenvalue weighted by Crippen LogP contribution is -2.23. The molecule has 2 aromatic heterocycles. The van der Waals surface area contributed by atoms with Crippen LogP contribution >= 0.6 is 0 Å². The van der Waals surface area contributed by atoms with Gasteiger partial charge in [0.05, 0.1) is 10.9 Å². The van der Waals surface area contributed by atoms with Gasteiger partial charge >= 0.3 is 0 Å². The number of nitrogens with two attached hydrogens (primary N) is 1. The van der Waals surface area contributed by atoms with Crippen LogP contribution in [0.3, 0.4) is 0 Å². The Morgan fingerprint density at radius 2 is 1.96 bits per heavy atom. The maximum absolute atomic E-state index is 10.8. The number of nitrogens with zero attached hydrogens (tertiary/aromatic N) is 4. The van der Waals surface area contributed by atoms with E-state index >= 15 is 0 Å². The fourth-order valence-corrected chi connectivity index (χ4v) is 2.66. The minimum Gasteiger partial charge on any atom is -0.383 e. The number of aliphatic hydroxyl groups is 1. The van der Waals surface area contributed by atoms with Gasteiger partial charge in [0.25, 0.3) is 0 Å². The van der Waals surface area contributed by atoms with E-state index in [1.54, 1.807) is 4.68 Å². The summed E-state index contributed by atoms with van der Waals surface area (Å²) in [4.78, 5) is 8.38. The van der Waals surface area contributed by atoms with Crippen LogP contribution in [0.4, 0.5) is 5.82 Å². The molecule has 1 unspecified atom stereocenters. The predicted octanol–water partition coefficient (Wildman–Crippen LogP) is 2.55. The third kappa shape index (κ3) is 2.66. The number of rotatable bonds is 2. The van der Waals surface area contributed by atoms with Crippen LogP contribution in [0.25, 0.3) is 11.0 Å². The molecule has 1 atom stereocenters. The summed E-state index contributed by atoms with van der Waals surface area (Å²) in [6, 6.07) is 7.71. The third-order valence-electron chi connectivity index (χ3n) is 3.77. The largest absolute Gasteiger partial charge is 0.383 e. The molecule has 3 aromatic rings. The van der Waals surface area contributed by atoms with E-state index in [-0.39, 0.29) is 5.54 Å². The lowest BCUT2D eigenvalue weighted by atomic mass is 10.0. The molecule has 0 amide bonds. The molecule has 0 spiro atoms. The Morgan fingerprint density at radius 1 is 1.22 bits per heavy atom. The molecule has 0 aliphatic carbocycles. The van der Waals surface area contributed by atoms with Crippen molar-refractivity contribution < 1.29 is 5.11 Å². The van der Waals surface area contributed by atoms with Crippen LogP contribution in [0, 0.1) is 6.92 Å². The first-order valence-corrected chi connectivity index (χ1v) is 7.53. The molecule has 6 nitrogen and oxygen atoms in total. The molecular weight excluding hydrogens is 290 g/mol. The highest BCUT2D eigenvalue weighted by Crippen LogP contribution is 2.32. The van der Waals surface area contributed by atoms with E-state index in [1.165, 1.54) is 6.33 Å². The zero-order chi connectivity index (χ0) is 16.8. The molecule has 0 aliphatic rings. The SMILES string of the molecule is Cc1cccc(C(O)c2nn(C(C)(C)C)c3ncnc(N)c23)c1. The number of hydrogen-bond acceptors (Lipinski definition) is 5. The highest BCUT2D eigenvalue weighted by atomic mass is 16.3. The van der Waals surface area contributed by atoms with Crippen LogP contribution in [-0.4, -0.2) is 24.9 Å². The molecule has 6 heteroatoms. The van der Waals surface area contributed by atoms with Gasteiger partial charge in [0.2, 0.25) is 0 Å². The summed E-state index contributed by atoms with van der Waals surface area (Å²) in [7, 11) is 0. The molecule has 0 radical (unpaired) electrons. The predicted molar refractivity (Wildman–Crippen MR) is 90.0 cm³/mol. The molecule has 1 aromatic carbocycles. The van der Waals surface area contributed by atoms with Crippen molar-refractivity contribution in [2.45, 2.75) is 39.3 Å². The molecule has 2 heterocycles. The van der Waals surface area contributed by atoms with E-state index in [0.29, 0.717) is 22.5 Å². The standard InChI is InChI=1S/C17H21N5O/c1-10-6-5-7-11(8-10)14(23)13-12-15(18)19-9-20-16(12)22(21-13)17(2,3)4/h5-9,14,23H,1-4H3,(H2,18,19,20). The minimum absolute atomic E-state index is 0.288. The van der Waals surface area contributed by atoms with Crippen molar-refractivity contribution in [3.63, 3.8) is 0 Å². The molecule has 23 heavy (non-hydrogen) atoms. The van der Waals surface area contributed by atoms with Crippen LogP contribution in [0.2, 0.25) is 0 Å². The van der Waals surface area contributed by atoms with Crippen molar-refractivity contribution in [2.24, 2.45) is 0 Å². The fraction of sp³-hybridized carbons (Fsp3) is 0.353. The Kier molecular flexibility index (Phi) is 3.56. The van der Waals surface area contributed by atoms with Crippen LogP contribution < -0.4 is 5.73 Å². The minimum atomic E-state index is -0.880. The second-order valence-corrected chi connectivity index (χ2v) is 6.74. The normalized spacial score (nSPS) is 13.4. The first-order chi connectivity index (χ1) is 10.8. The number of aryl methyl sites for hydroxylation is 1. The summed E-state index contributed by atoms with van der Waals surface area (Å²) in [6.45, 7) is 8.07. The van der Waals surface area contributed by atoms with Gasteiger partial charge in [-0.3, -0.25) is 0 Å². The van der Waals surface area contributed by atoms with Gasteiger partial charge in [0.1, 0.15) is 23.9 Å². The van der Waals surface area contributed by atoms with Gasteiger partial charge in [0.15, 0.2) is 5.65 Å². The third-order valence-corrected chi connectivity index (χ3v) is 3.77. The monoisotopic (exact) mass is 311 g/mol. The maximum atomic E-state index is 10.8. The number of fused-ring (bicyclic) bond motifs is 1. The first-order valence-electron chi connectivity index (χ1n) is 7.53. The number of aromatic nitrogens is 4. The van der Waals surface area contributed by atoms with Crippen LogP contribution in [0.5, 0.6) is 0 Å². The summed E-state index contributed by atoms with van der Waals surface area (Å²) in [5.74, 6) is 0.326. The number of anilines is 1. The quantitative estimate of drug-likeness (QED) is 0.759. The maximum Gasteiger partial charge on any atom is 0.164 e. The number of nitrogen functional groups attached to an aromatic ring is 1. The van der Waals surface area contributed by atoms with Gasteiger partial charge < -0.3 is 10.8 Å². The molecule has 3 N–H and O–H groups in total. The second kappa shape index (κ2) is 5.31. The smallest absolute Gasteiger partial charge is 0.164 e. The molecular formula is C17H21N5O. The Bertz CT molecular complexity index is 863. The van der Waals surface area contributed by atoms with Crippen molar-refractivity contribution >= 4 is 16.9 Å². The van der Waals surface area contributed by atoms with E-state index in [2.05, 4.69) is 15.1 Å². The van der Waals surface area contributed by atoms with Gasteiger partial charge in [-0.2, -0.15) is 5.10 Å². The Morgan fingerprint density at radius 3 is 2.61 bits per heavy atom. The van der Waals surface area contributed by atoms with Gasteiger partial charge in [-0.25, -0.2) is 14.6 Å². The number of hydrogen-bond donors (Lipinski definition) is 2. The van der Waals surface area contributed by atoms with Gasteiger partial charge in [-0.15, -0.1) is 0 Å². The van der Waals surface area contributed by atoms with Crippen LogP contribution in [-0.2, 0) is 5.54 Å². The second-order valence-electron chi connectivity index (χ2n) is 6.74. The van der Waals surface area contributed by atoms with E-state index in [0.717, 1.165) is 11.1 Å². The van der Waals surface area contributed by atoms with Gasteiger partial charge in [-0.05, 0) is 33.3 Å². The highest BCUT2D eigenvalue weighted by Gasteiger charge is 2.27. The molecule has 0 saturated heterocycles. The van der Waals surface area contributed by atoms with Crippen LogP contribution in [0.15, 0.2) is 30.6 Å². The lowest BCUT2D eigenvalue weighted by molar-refractivity contribution is 0.213. The van der Waals surface area contributed by atoms with Crippen molar-refractivity contribution in [1.82, 2.24) is 19.7 Å². The average molecular weight is 311 g/mol. The first kappa shape index (κ1) is 15.4. The summed E-state index contributed by atoms with van der Waals surface area (Å²) in [5.41, 5.74) is 8.72.